The summed E-state index contributed by atoms with van der Waals surface area (Å²) in [5, 5.41) is 13.4. The van der Waals surface area contributed by atoms with Crippen molar-refractivity contribution in [1.29, 1.82) is 0 Å². The molecule has 0 bridgehead atoms. The van der Waals surface area contributed by atoms with Gasteiger partial charge in [0.1, 0.15) is 11.5 Å². The fourth-order valence-corrected chi connectivity index (χ4v) is 3.76. The molecule has 25 heavy (non-hydrogen) atoms. The third-order valence-corrected chi connectivity index (χ3v) is 4.95. The van der Waals surface area contributed by atoms with E-state index in [0.29, 0.717) is 25.8 Å². The fourth-order valence-electron chi connectivity index (χ4n) is 2.09. The highest BCUT2D eigenvalue weighted by Gasteiger charge is 2.24. The summed E-state index contributed by atoms with van der Waals surface area (Å²) in [4.78, 5) is 16.9. The van der Waals surface area contributed by atoms with Gasteiger partial charge >= 0.3 is 0 Å². The smallest absolute Gasteiger partial charge is 0.264 e. The number of carbonyl (C=O) groups excluding carboxylic acids is 1. The number of aromatic hydroxyl groups is 1. The highest BCUT2D eigenvalue weighted by molar-refractivity contribution is 9.10. The maximum Gasteiger partial charge on any atom is 0.264 e. The van der Waals surface area contributed by atoms with Crippen molar-refractivity contribution in [3.63, 3.8) is 0 Å². The van der Waals surface area contributed by atoms with Gasteiger partial charge in [0.15, 0.2) is 5.17 Å². The van der Waals surface area contributed by atoms with E-state index in [2.05, 4.69) is 26.2 Å². The Morgan fingerprint density at radius 3 is 2.72 bits per heavy atom. The molecule has 0 saturated carbocycles. The van der Waals surface area contributed by atoms with Crippen molar-refractivity contribution in [2.45, 2.75) is 0 Å². The molecule has 0 atom stereocenters. The number of methoxy groups -OCH3 is 1. The van der Waals surface area contributed by atoms with Gasteiger partial charge in [-0.25, -0.2) is 4.99 Å². The molecular formula is C17H12BrClN2O3S. The van der Waals surface area contributed by atoms with Crippen LogP contribution in [0.2, 0.25) is 5.02 Å². The van der Waals surface area contributed by atoms with Crippen molar-refractivity contribution in [3.05, 3.63) is 56.4 Å². The quantitative estimate of drug-likeness (QED) is 0.680. The number of hydrogen-bond donors (Lipinski definition) is 2. The minimum absolute atomic E-state index is 0.0775. The maximum absolute atomic E-state index is 12.1. The summed E-state index contributed by atoms with van der Waals surface area (Å²) in [6.07, 6.45) is 1.57. The first-order valence-corrected chi connectivity index (χ1v) is 9.06. The molecule has 1 heterocycles. The van der Waals surface area contributed by atoms with Gasteiger partial charge in [-0.1, -0.05) is 27.5 Å². The summed E-state index contributed by atoms with van der Waals surface area (Å²) in [5.41, 5.74) is 1.14. The van der Waals surface area contributed by atoms with Crippen LogP contribution < -0.4 is 10.1 Å². The zero-order valence-electron chi connectivity index (χ0n) is 12.9. The summed E-state index contributed by atoms with van der Waals surface area (Å²) in [6, 6.07) is 10.4. The predicted molar refractivity (Wildman–Crippen MR) is 105 cm³/mol. The number of phenols is 1. The van der Waals surface area contributed by atoms with Crippen molar-refractivity contribution in [2.24, 2.45) is 4.99 Å². The number of nitrogens with zero attached hydrogens (tertiary/aromatic N) is 1. The number of thioether (sulfide) groups is 1. The number of nitrogens with one attached hydrogen (secondary N) is 1. The largest absolute Gasteiger partial charge is 0.506 e. The van der Waals surface area contributed by atoms with Crippen molar-refractivity contribution in [3.8, 4) is 11.5 Å². The van der Waals surface area contributed by atoms with Crippen LogP contribution in [0.3, 0.4) is 0 Å². The molecule has 1 saturated heterocycles. The Hall–Kier alpha value is -1.96. The molecule has 1 aliphatic rings. The van der Waals surface area contributed by atoms with Crippen LogP contribution in [0.5, 0.6) is 11.5 Å². The Balaban J connectivity index is 1.86. The predicted octanol–water partition coefficient (Wildman–Crippen LogP) is 4.71. The molecule has 2 aromatic carbocycles. The van der Waals surface area contributed by atoms with Crippen LogP contribution in [-0.4, -0.2) is 23.3 Å². The average Bonchev–Trinajstić information content (AvgIpc) is 2.92. The number of benzene rings is 2. The fraction of sp³-hybridized carbons (Fsp3) is 0.0588. The standard InChI is InChI=1S/C17H12BrClN2O3S/c1-24-12-4-2-11(3-5-12)20-17-21-16(23)14(25-17)7-9-6-10(18)8-13(19)15(9)22/h2-8,22H,1H3,(H,20,21,23)/b14-7-. The number of ether oxygens (including phenoxy) is 1. The van der Waals surface area contributed by atoms with Crippen molar-refractivity contribution in [1.82, 2.24) is 5.32 Å². The van der Waals surface area contributed by atoms with Crippen molar-refractivity contribution < 1.29 is 14.6 Å². The molecule has 128 valence electrons. The minimum atomic E-state index is -0.284. The lowest BCUT2D eigenvalue weighted by Gasteiger charge is -2.03. The third kappa shape index (κ3) is 4.18. The number of amides is 1. The van der Waals surface area contributed by atoms with Gasteiger partial charge in [0.25, 0.3) is 5.91 Å². The highest BCUT2D eigenvalue weighted by Crippen LogP contribution is 2.35. The third-order valence-electron chi connectivity index (χ3n) is 3.30. The van der Waals surface area contributed by atoms with E-state index in [1.165, 1.54) is 11.8 Å². The van der Waals surface area contributed by atoms with E-state index in [-0.39, 0.29) is 16.7 Å². The molecule has 2 N–H and O–H groups in total. The van der Waals surface area contributed by atoms with Gasteiger partial charge in [-0.15, -0.1) is 0 Å². The first kappa shape index (κ1) is 17.8. The lowest BCUT2D eigenvalue weighted by atomic mass is 10.2. The lowest BCUT2D eigenvalue weighted by Crippen LogP contribution is -2.19. The summed E-state index contributed by atoms with van der Waals surface area (Å²) in [7, 11) is 1.59. The molecule has 2 aromatic rings. The Morgan fingerprint density at radius 1 is 1.32 bits per heavy atom. The Labute approximate surface area is 161 Å². The van der Waals surface area contributed by atoms with Gasteiger partial charge in [-0.05, 0) is 54.2 Å². The van der Waals surface area contributed by atoms with Gasteiger partial charge in [0, 0.05) is 10.0 Å². The molecule has 3 rings (SSSR count). The van der Waals surface area contributed by atoms with Gasteiger partial charge in [0.2, 0.25) is 0 Å². The summed E-state index contributed by atoms with van der Waals surface area (Å²) < 4.78 is 5.81. The summed E-state index contributed by atoms with van der Waals surface area (Å²) in [6.45, 7) is 0. The number of halogens is 2. The molecule has 0 aliphatic carbocycles. The molecule has 0 unspecified atom stereocenters. The summed E-state index contributed by atoms with van der Waals surface area (Å²) >= 11 is 10.5. The molecule has 0 aromatic heterocycles. The number of rotatable bonds is 3. The van der Waals surface area contributed by atoms with E-state index in [1.54, 1.807) is 49.6 Å². The van der Waals surface area contributed by atoms with Gasteiger partial charge in [-0.2, -0.15) is 0 Å². The second-order valence-electron chi connectivity index (χ2n) is 5.01. The van der Waals surface area contributed by atoms with E-state index >= 15 is 0 Å². The molecule has 8 heteroatoms. The van der Waals surface area contributed by atoms with Crippen molar-refractivity contribution in [2.75, 3.05) is 7.11 Å². The highest BCUT2D eigenvalue weighted by atomic mass is 79.9. The zero-order chi connectivity index (χ0) is 18.0. The van der Waals surface area contributed by atoms with E-state index in [4.69, 9.17) is 16.3 Å². The Bertz CT molecular complexity index is 898. The van der Waals surface area contributed by atoms with Gasteiger partial charge in [0.05, 0.1) is 22.7 Å². The number of aliphatic imine (C=N–C) groups is 1. The SMILES string of the molecule is COc1ccc(N=C2NC(=O)/C(=C/c3cc(Br)cc(Cl)c3O)S2)cc1. The normalized spacial score (nSPS) is 17.2. The number of carbonyl (C=O) groups is 1. The first-order valence-electron chi connectivity index (χ1n) is 7.08. The topological polar surface area (TPSA) is 70.9 Å². The van der Waals surface area contributed by atoms with E-state index in [1.807, 2.05) is 0 Å². The molecule has 1 aliphatic heterocycles. The van der Waals surface area contributed by atoms with Gasteiger partial charge < -0.3 is 15.2 Å². The Kier molecular flexibility index (Phi) is 5.36. The molecule has 5 nitrogen and oxygen atoms in total. The molecule has 0 spiro atoms. The molecule has 1 amide bonds. The van der Waals surface area contributed by atoms with Crippen LogP contribution in [0.15, 0.2) is 50.8 Å². The van der Waals surface area contributed by atoms with Crippen LogP contribution in [0.1, 0.15) is 5.56 Å². The number of hydrogen-bond acceptors (Lipinski definition) is 5. The van der Waals surface area contributed by atoms with Crippen LogP contribution in [0, 0.1) is 0 Å². The van der Waals surface area contributed by atoms with Crippen LogP contribution >= 0.6 is 39.3 Å². The second kappa shape index (κ2) is 7.51. The zero-order valence-corrected chi connectivity index (χ0v) is 16.1. The second-order valence-corrected chi connectivity index (χ2v) is 7.36. The van der Waals surface area contributed by atoms with Crippen molar-refractivity contribution >= 4 is 62.1 Å². The van der Waals surface area contributed by atoms with Crippen LogP contribution in [-0.2, 0) is 4.79 Å². The minimum Gasteiger partial charge on any atom is -0.506 e. The molecule has 1 fully saturated rings. The molecule has 0 radical (unpaired) electrons. The van der Waals surface area contributed by atoms with Crippen LogP contribution in [0.25, 0.3) is 6.08 Å². The maximum atomic E-state index is 12.1. The lowest BCUT2D eigenvalue weighted by molar-refractivity contribution is -0.115. The van der Waals surface area contributed by atoms with E-state index in [9.17, 15) is 9.90 Å². The summed E-state index contributed by atoms with van der Waals surface area (Å²) in [5.74, 6) is 0.369. The number of phenolic OH excluding ortho intramolecular Hbond substituents is 1. The van der Waals surface area contributed by atoms with E-state index < -0.39 is 0 Å². The monoisotopic (exact) mass is 438 g/mol. The average molecular weight is 440 g/mol. The Morgan fingerprint density at radius 2 is 2.04 bits per heavy atom. The van der Waals surface area contributed by atoms with Gasteiger partial charge in [-0.3, -0.25) is 4.79 Å². The molecular weight excluding hydrogens is 428 g/mol. The number of amidine groups is 1. The first-order chi connectivity index (χ1) is 12.0. The van der Waals surface area contributed by atoms with E-state index in [0.717, 1.165) is 5.75 Å². The van der Waals surface area contributed by atoms with Crippen LogP contribution in [0.4, 0.5) is 5.69 Å².